The summed E-state index contributed by atoms with van der Waals surface area (Å²) in [4.78, 5) is 12.6. The Hall–Kier alpha value is -3.31. The third-order valence-electron chi connectivity index (χ3n) is 4.60. The van der Waals surface area contributed by atoms with Crippen LogP contribution in [0.3, 0.4) is 0 Å². The number of nitrogens with zero attached hydrogens (tertiary/aromatic N) is 1. The zero-order chi connectivity index (χ0) is 24.2. The van der Waals surface area contributed by atoms with Crippen LogP contribution in [0.5, 0.6) is 5.75 Å². The van der Waals surface area contributed by atoms with Crippen molar-refractivity contribution in [2.24, 2.45) is 0 Å². The van der Waals surface area contributed by atoms with Crippen LogP contribution in [0.25, 0.3) is 6.08 Å². The van der Waals surface area contributed by atoms with Gasteiger partial charge >= 0.3 is 10.1 Å². The van der Waals surface area contributed by atoms with Crippen LogP contribution >= 0.6 is 23.2 Å². The number of nitrogens with one attached hydrogen (secondary N) is 1. The van der Waals surface area contributed by atoms with Crippen LogP contribution in [0.2, 0.25) is 10.0 Å². The quantitative estimate of drug-likeness (QED) is 0.257. The number of carbonyl (C=O) groups is 1. The van der Waals surface area contributed by atoms with Gasteiger partial charge in [0.1, 0.15) is 16.5 Å². The molecule has 6 nitrogen and oxygen atoms in total. The Labute approximate surface area is 202 Å². The van der Waals surface area contributed by atoms with E-state index >= 15 is 0 Å². The molecule has 0 aliphatic carbocycles. The third kappa shape index (κ3) is 5.93. The summed E-state index contributed by atoms with van der Waals surface area (Å²) in [6.07, 6.45) is 1.17. The van der Waals surface area contributed by atoms with E-state index in [0.29, 0.717) is 5.69 Å². The molecular formula is C24H18Cl2N2O4S. The highest BCUT2D eigenvalue weighted by molar-refractivity contribution is 7.87. The topological polar surface area (TPSA) is 96.3 Å². The number of hydrogen-bond donors (Lipinski definition) is 1. The molecule has 168 valence electrons. The predicted octanol–water partition coefficient (Wildman–Crippen LogP) is 5.92. The molecule has 0 radical (unpaired) electrons. The Morgan fingerprint density at radius 2 is 1.73 bits per heavy atom. The Balaban J connectivity index is 2.01. The minimum absolute atomic E-state index is 0.0553. The average Bonchev–Trinajstić information content (AvgIpc) is 2.76. The minimum Gasteiger partial charge on any atom is -0.377 e. The SMILES string of the molecule is Cc1ccc(S(=O)(=O)Oc2c(Cl)cc(Cl)cc2/C=C(\C#N)C(=O)Nc2ccccc2C)cc1. The highest BCUT2D eigenvalue weighted by Gasteiger charge is 2.22. The molecule has 0 saturated heterocycles. The maximum absolute atomic E-state index is 12.8. The van der Waals surface area contributed by atoms with Gasteiger partial charge in [0, 0.05) is 16.3 Å². The minimum atomic E-state index is -4.25. The molecule has 0 fully saturated rings. The lowest BCUT2D eigenvalue weighted by Crippen LogP contribution is -2.14. The molecule has 0 aliphatic rings. The van der Waals surface area contributed by atoms with E-state index in [9.17, 15) is 18.5 Å². The maximum Gasteiger partial charge on any atom is 0.339 e. The molecule has 3 rings (SSSR count). The van der Waals surface area contributed by atoms with Crippen LogP contribution in [0.15, 0.2) is 71.1 Å². The van der Waals surface area contributed by atoms with Crippen LogP contribution < -0.4 is 9.50 Å². The van der Waals surface area contributed by atoms with Crippen molar-refractivity contribution in [3.05, 3.63) is 93.0 Å². The summed E-state index contributed by atoms with van der Waals surface area (Å²) >= 11 is 12.3. The Morgan fingerprint density at radius 3 is 2.36 bits per heavy atom. The molecule has 33 heavy (non-hydrogen) atoms. The summed E-state index contributed by atoms with van der Waals surface area (Å²) < 4.78 is 30.9. The molecule has 3 aromatic carbocycles. The van der Waals surface area contributed by atoms with Gasteiger partial charge in [-0.05, 0) is 55.8 Å². The summed E-state index contributed by atoms with van der Waals surface area (Å²) in [6, 6.07) is 17.6. The molecule has 9 heteroatoms. The predicted molar refractivity (Wildman–Crippen MR) is 129 cm³/mol. The Bertz CT molecular complexity index is 1390. The molecule has 0 aromatic heterocycles. The number of aryl methyl sites for hydroxylation is 2. The first kappa shape index (κ1) is 24.3. The summed E-state index contributed by atoms with van der Waals surface area (Å²) in [6.45, 7) is 3.63. The third-order valence-corrected chi connectivity index (χ3v) is 6.33. The molecule has 3 aromatic rings. The average molecular weight is 501 g/mol. The number of nitriles is 1. The fourth-order valence-corrected chi connectivity index (χ4v) is 4.41. The first-order valence-corrected chi connectivity index (χ1v) is 11.8. The van der Waals surface area contributed by atoms with Gasteiger partial charge in [-0.1, -0.05) is 59.1 Å². The second-order valence-corrected chi connectivity index (χ2v) is 9.49. The summed E-state index contributed by atoms with van der Waals surface area (Å²) in [7, 11) is -4.25. The molecule has 0 atom stereocenters. The molecule has 0 bridgehead atoms. The zero-order valence-corrected chi connectivity index (χ0v) is 19.9. The number of para-hydroxylation sites is 1. The zero-order valence-electron chi connectivity index (χ0n) is 17.6. The smallest absolute Gasteiger partial charge is 0.339 e. The van der Waals surface area contributed by atoms with Crippen molar-refractivity contribution in [3.8, 4) is 11.8 Å². The lowest BCUT2D eigenvalue weighted by molar-refractivity contribution is -0.112. The van der Waals surface area contributed by atoms with Crippen molar-refractivity contribution in [1.82, 2.24) is 0 Å². The van der Waals surface area contributed by atoms with Gasteiger partial charge in [-0.25, -0.2) is 0 Å². The fraction of sp³-hybridized carbons (Fsp3) is 0.0833. The normalized spacial score (nSPS) is 11.5. The van der Waals surface area contributed by atoms with Gasteiger partial charge in [0.25, 0.3) is 5.91 Å². The highest BCUT2D eigenvalue weighted by Crippen LogP contribution is 2.36. The van der Waals surface area contributed by atoms with Crippen molar-refractivity contribution >= 4 is 51.0 Å². The van der Waals surface area contributed by atoms with Crippen molar-refractivity contribution in [2.75, 3.05) is 5.32 Å². The van der Waals surface area contributed by atoms with Crippen molar-refractivity contribution in [3.63, 3.8) is 0 Å². The Morgan fingerprint density at radius 1 is 1.06 bits per heavy atom. The second kappa shape index (κ2) is 10.1. The monoisotopic (exact) mass is 500 g/mol. The Kier molecular flexibility index (Phi) is 7.44. The number of halogens is 2. The molecule has 0 heterocycles. The number of carbonyl (C=O) groups excluding carboxylic acids is 1. The van der Waals surface area contributed by atoms with Crippen LogP contribution in [-0.4, -0.2) is 14.3 Å². The van der Waals surface area contributed by atoms with Crippen molar-refractivity contribution in [2.45, 2.75) is 18.7 Å². The van der Waals surface area contributed by atoms with Gasteiger partial charge < -0.3 is 9.50 Å². The summed E-state index contributed by atoms with van der Waals surface area (Å²) in [5.74, 6) is -0.937. The largest absolute Gasteiger partial charge is 0.377 e. The molecule has 0 saturated carbocycles. The van der Waals surface area contributed by atoms with Gasteiger partial charge in [0.15, 0.2) is 5.75 Å². The summed E-state index contributed by atoms with van der Waals surface area (Å²) in [5, 5.41) is 12.3. The number of rotatable bonds is 6. The van der Waals surface area contributed by atoms with Crippen LogP contribution in [0.4, 0.5) is 5.69 Å². The van der Waals surface area contributed by atoms with Crippen LogP contribution in [0.1, 0.15) is 16.7 Å². The van der Waals surface area contributed by atoms with Gasteiger partial charge in [-0.3, -0.25) is 4.79 Å². The van der Waals surface area contributed by atoms with Gasteiger partial charge in [-0.15, -0.1) is 0 Å². The van der Waals surface area contributed by atoms with E-state index in [0.717, 1.165) is 11.1 Å². The summed E-state index contributed by atoms with van der Waals surface area (Å²) in [5.41, 5.74) is 1.97. The van der Waals surface area contributed by atoms with Crippen LogP contribution in [-0.2, 0) is 14.9 Å². The van der Waals surface area contributed by atoms with E-state index in [-0.39, 0.29) is 31.8 Å². The standard InChI is InChI=1S/C24H18Cl2N2O4S/c1-15-7-9-20(10-8-15)33(30,31)32-23-17(12-19(25)13-21(23)26)11-18(14-27)24(29)28-22-6-4-3-5-16(22)2/h3-13H,1-2H3,(H,28,29)/b18-11+. The molecule has 1 amide bonds. The number of anilines is 1. The molecule has 0 unspecified atom stereocenters. The fourth-order valence-electron chi connectivity index (χ4n) is 2.85. The van der Waals surface area contributed by atoms with E-state index in [4.69, 9.17) is 27.4 Å². The number of hydrogen-bond acceptors (Lipinski definition) is 5. The highest BCUT2D eigenvalue weighted by atomic mass is 35.5. The molecule has 0 aliphatic heterocycles. The van der Waals surface area contributed by atoms with Crippen molar-refractivity contribution < 1.29 is 17.4 Å². The van der Waals surface area contributed by atoms with Crippen molar-refractivity contribution in [1.29, 1.82) is 5.26 Å². The maximum atomic E-state index is 12.8. The van der Waals surface area contributed by atoms with E-state index < -0.39 is 16.0 Å². The number of amides is 1. The molecular weight excluding hydrogens is 483 g/mol. The van der Waals surface area contributed by atoms with Gasteiger partial charge in [0.2, 0.25) is 0 Å². The van der Waals surface area contributed by atoms with Gasteiger partial charge in [-0.2, -0.15) is 13.7 Å². The second-order valence-electron chi connectivity index (χ2n) is 7.10. The lowest BCUT2D eigenvalue weighted by atomic mass is 10.1. The van der Waals surface area contributed by atoms with E-state index in [1.54, 1.807) is 24.3 Å². The van der Waals surface area contributed by atoms with E-state index in [1.807, 2.05) is 32.0 Å². The van der Waals surface area contributed by atoms with Crippen LogP contribution in [0, 0.1) is 25.2 Å². The first-order chi connectivity index (χ1) is 15.6. The first-order valence-electron chi connectivity index (χ1n) is 9.59. The van der Waals surface area contributed by atoms with E-state index in [2.05, 4.69) is 5.32 Å². The molecule has 0 spiro atoms. The van der Waals surface area contributed by atoms with Gasteiger partial charge in [0.05, 0.1) is 5.02 Å². The number of benzene rings is 3. The molecule has 1 N–H and O–H groups in total. The van der Waals surface area contributed by atoms with E-state index in [1.165, 1.54) is 30.3 Å². The lowest BCUT2D eigenvalue weighted by Gasteiger charge is -2.13.